The van der Waals surface area contributed by atoms with Gasteiger partial charge in [0.2, 0.25) is 0 Å². The fraction of sp³-hybridized carbons (Fsp3) is 0.500. The highest BCUT2D eigenvalue weighted by Crippen LogP contribution is 2.42. The van der Waals surface area contributed by atoms with E-state index < -0.39 is 17.7 Å². The Bertz CT molecular complexity index is 617. The van der Waals surface area contributed by atoms with Crippen molar-refractivity contribution in [3.8, 4) is 5.75 Å². The van der Waals surface area contributed by atoms with E-state index in [-0.39, 0.29) is 25.0 Å². The zero-order valence-electron chi connectivity index (χ0n) is 12.8. The van der Waals surface area contributed by atoms with Gasteiger partial charge in [-0.1, -0.05) is 11.6 Å². The normalized spacial score (nSPS) is 25.4. The lowest BCUT2D eigenvalue weighted by molar-refractivity contribution is -0.132. The largest absolute Gasteiger partial charge is 0.491 e. The molecular formula is C16H19ClN2O4. The Morgan fingerprint density at radius 2 is 2.04 bits per heavy atom. The number of benzene rings is 1. The number of hydrogen-bond acceptors (Lipinski definition) is 4. The third-order valence-electron chi connectivity index (χ3n) is 4.34. The van der Waals surface area contributed by atoms with Gasteiger partial charge in [-0.05, 0) is 49.9 Å². The minimum Gasteiger partial charge on any atom is -0.491 e. The monoisotopic (exact) mass is 338 g/mol. The van der Waals surface area contributed by atoms with E-state index in [1.54, 1.807) is 31.2 Å². The van der Waals surface area contributed by atoms with Gasteiger partial charge in [-0.25, -0.2) is 4.79 Å². The maximum Gasteiger partial charge on any atom is 0.325 e. The van der Waals surface area contributed by atoms with Crippen molar-refractivity contribution < 1.29 is 19.4 Å². The molecule has 1 heterocycles. The van der Waals surface area contributed by atoms with Crippen LogP contribution in [0.15, 0.2) is 24.3 Å². The van der Waals surface area contributed by atoms with Crippen molar-refractivity contribution in [3.05, 3.63) is 29.3 Å². The number of aliphatic hydroxyl groups excluding tert-OH is 1. The van der Waals surface area contributed by atoms with E-state index in [1.807, 2.05) is 0 Å². The summed E-state index contributed by atoms with van der Waals surface area (Å²) < 4.78 is 5.44. The number of amides is 3. The SMILES string of the molecule is C[C@]1(C2CC2)NC(=O)N(C[C@@H](O)COc2ccc(Cl)cc2)C1=O. The van der Waals surface area contributed by atoms with E-state index in [1.165, 1.54) is 0 Å². The molecule has 3 amide bonds. The van der Waals surface area contributed by atoms with Crippen molar-refractivity contribution in [3.63, 3.8) is 0 Å². The molecule has 1 aliphatic heterocycles. The first-order valence-corrected chi connectivity index (χ1v) is 7.98. The molecule has 2 atom stereocenters. The number of carbonyl (C=O) groups excluding carboxylic acids is 2. The predicted molar refractivity (Wildman–Crippen MR) is 84.3 cm³/mol. The molecule has 124 valence electrons. The predicted octanol–water partition coefficient (Wildman–Crippen LogP) is 1.80. The number of hydrogen-bond donors (Lipinski definition) is 2. The van der Waals surface area contributed by atoms with Gasteiger partial charge < -0.3 is 15.2 Å². The number of ether oxygens (including phenoxy) is 1. The molecule has 7 heteroatoms. The molecule has 0 bridgehead atoms. The lowest BCUT2D eigenvalue weighted by atomic mass is 9.96. The molecule has 0 spiro atoms. The average molecular weight is 339 g/mol. The van der Waals surface area contributed by atoms with Crippen molar-refractivity contribution >= 4 is 23.5 Å². The second kappa shape index (κ2) is 6.02. The number of rotatable bonds is 6. The number of imide groups is 1. The summed E-state index contributed by atoms with van der Waals surface area (Å²) in [6, 6.07) is 6.29. The van der Waals surface area contributed by atoms with Crippen molar-refractivity contribution in [2.75, 3.05) is 13.2 Å². The number of aliphatic hydroxyl groups is 1. The van der Waals surface area contributed by atoms with Crippen LogP contribution < -0.4 is 10.1 Å². The summed E-state index contributed by atoms with van der Waals surface area (Å²) in [7, 11) is 0. The number of urea groups is 1. The van der Waals surface area contributed by atoms with Gasteiger partial charge in [-0.2, -0.15) is 0 Å². The molecule has 1 saturated heterocycles. The number of nitrogens with one attached hydrogen (secondary N) is 1. The molecule has 2 fully saturated rings. The molecule has 6 nitrogen and oxygen atoms in total. The van der Waals surface area contributed by atoms with Gasteiger partial charge in [0, 0.05) is 5.02 Å². The molecule has 1 aliphatic carbocycles. The molecule has 1 aromatic carbocycles. The van der Waals surface area contributed by atoms with Gasteiger partial charge >= 0.3 is 6.03 Å². The Labute approximate surface area is 139 Å². The molecule has 3 rings (SSSR count). The highest BCUT2D eigenvalue weighted by atomic mass is 35.5. The summed E-state index contributed by atoms with van der Waals surface area (Å²) >= 11 is 5.78. The molecule has 0 unspecified atom stereocenters. The Balaban J connectivity index is 1.55. The highest BCUT2D eigenvalue weighted by Gasteiger charge is 2.56. The lowest BCUT2D eigenvalue weighted by Crippen LogP contribution is -2.46. The number of halogens is 1. The third-order valence-corrected chi connectivity index (χ3v) is 4.60. The summed E-state index contributed by atoms with van der Waals surface area (Å²) in [5, 5.41) is 13.4. The standard InChI is InChI=1S/C16H19ClN2O4/c1-16(10-2-3-10)14(21)19(15(22)18-16)8-12(20)9-23-13-6-4-11(17)5-7-13/h4-7,10,12,20H,2-3,8-9H2,1H3,(H,18,22)/t12-,16-/m1/s1. The number of β-amino-alcohol motifs (C(OH)–C–C–N with tert-alkyl or cyclic N) is 1. The summed E-state index contributed by atoms with van der Waals surface area (Å²) in [5.41, 5.74) is -0.826. The van der Waals surface area contributed by atoms with Crippen LogP contribution in [-0.2, 0) is 4.79 Å². The minimum atomic E-state index is -0.957. The number of carbonyl (C=O) groups is 2. The second-order valence-corrected chi connectivity index (χ2v) is 6.68. The zero-order chi connectivity index (χ0) is 16.6. The van der Waals surface area contributed by atoms with Crippen molar-refractivity contribution in [2.45, 2.75) is 31.4 Å². The van der Waals surface area contributed by atoms with E-state index in [0.29, 0.717) is 10.8 Å². The van der Waals surface area contributed by atoms with Crippen LogP contribution in [0.25, 0.3) is 0 Å². The molecule has 2 aliphatic rings. The lowest BCUT2D eigenvalue weighted by Gasteiger charge is -2.22. The Hall–Kier alpha value is -1.79. The van der Waals surface area contributed by atoms with Crippen LogP contribution in [0.4, 0.5) is 4.79 Å². The second-order valence-electron chi connectivity index (χ2n) is 6.24. The smallest absolute Gasteiger partial charge is 0.325 e. The Morgan fingerprint density at radius 1 is 1.39 bits per heavy atom. The van der Waals surface area contributed by atoms with E-state index >= 15 is 0 Å². The Kier molecular flexibility index (Phi) is 4.21. The van der Waals surface area contributed by atoms with Crippen LogP contribution in [0, 0.1) is 5.92 Å². The van der Waals surface area contributed by atoms with Gasteiger partial charge in [-0.15, -0.1) is 0 Å². The van der Waals surface area contributed by atoms with E-state index in [2.05, 4.69) is 5.32 Å². The molecule has 0 radical (unpaired) electrons. The summed E-state index contributed by atoms with van der Waals surface area (Å²) in [5.74, 6) is 0.496. The van der Waals surface area contributed by atoms with Crippen LogP contribution in [0.2, 0.25) is 5.02 Å². The topological polar surface area (TPSA) is 78.9 Å². The first-order chi connectivity index (χ1) is 10.9. The first kappa shape index (κ1) is 16.1. The van der Waals surface area contributed by atoms with Gasteiger partial charge in [0.15, 0.2) is 0 Å². The number of nitrogens with zero attached hydrogens (tertiary/aromatic N) is 1. The van der Waals surface area contributed by atoms with Crippen LogP contribution in [0.5, 0.6) is 5.75 Å². The summed E-state index contributed by atoms with van der Waals surface area (Å²) in [4.78, 5) is 25.5. The third kappa shape index (κ3) is 3.28. The van der Waals surface area contributed by atoms with Gasteiger partial charge in [-0.3, -0.25) is 9.69 Å². The van der Waals surface area contributed by atoms with Gasteiger partial charge in [0.1, 0.15) is 24.0 Å². The fourth-order valence-electron chi connectivity index (χ4n) is 2.81. The molecular weight excluding hydrogens is 320 g/mol. The zero-order valence-corrected chi connectivity index (χ0v) is 13.5. The van der Waals surface area contributed by atoms with E-state index in [0.717, 1.165) is 17.7 Å². The van der Waals surface area contributed by atoms with E-state index in [4.69, 9.17) is 16.3 Å². The fourth-order valence-corrected chi connectivity index (χ4v) is 2.93. The van der Waals surface area contributed by atoms with Gasteiger partial charge in [0.25, 0.3) is 5.91 Å². The first-order valence-electron chi connectivity index (χ1n) is 7.60. The molecule has 1 aromatic rings. The Morgan fingerprint density at radius 3 is 2.65 bits per heavy atom. The minimum absolute atomic E-state index is 0.0150. The molecule has 1 saturated carbocycles. The van der Waals surface area contributed by atoms with Crippen molar-refractivity contribution in [1.29, 1.82) is 0 Å². The van der Waals surface area contributed by atoms with Crippen molar-refractivity contribution in [2.24, 2.45) is 5.92 Å². The quantitative estimate of drug-likeness (QED) is 0.775. The van der Waals surface area contributed by atoms with Crippen LogP contribution in [0.1, 0.15) is 19.8 Å². The maximum atomic E-state index is 12.4. The molecule has 23 heavy (non-hydrogen) atoms. The van der Waals surface area contributed by atoms with Crippen LogP contribution in [0.3, 0.4) is 0 Å². The molecule has 0 aromatic heterocycles. The maximum absolute atomic E-state index is 12.4. The summed E-state index contributed by atoms with van der Waals surface area (Å²) in [6.07, 6.45) is 0.930. The van der Waals surface area contributed by atoms with Crippen molar-refractivity contribution in [1.82, 2.24) is 10.2 Å². The average Bonchev–Trinajstić information content (AvgIpc) is 3.33. The summed E-state index contributed by atoms with van der Waals surface area (Å²) in [6.45, 7) is 1.65. The van der Waals surface area contributed by atoms with Crippen LogP contribution >= 0.6 is 11.6 Å². The molecule has 2 N–H and O–H groups in total. The van der Waals surface area contributed by atoms with Crippen LogP contribution in [-0.4, -0.2) is 46.7 Å². The highest BCUT2D eigenvalue weighted by molar-refractivity contribution is 6.30. The van der Waals surface area contributed by atoms with E-state index in [9.17, 15) is 14.7 Å². The van der Waals surface area contributed by atoms with Gasteiger partial charge in [0.05, 0.1) is 6.54 Å².